The number of carbonyl (C=O) groups excluding carboxylic acids is 1. The Morgan fingerprint density at radius 1 is 1.50 bits per heavy atom. The second-order valence-electron chi connectivity index (χ2n) is 4.49. The molecular weight excluding hydrogens is 228 g/mol. The largest absolute Gasteiger partial charge is 0.349 e. The lowest BCUT2D eigenvalue weighted by Crippen LogP contribution is -2.25. The number of imidazole rings is 1. The van der Waals surface area contributed by atoms with E-state index >= 15 is 0 Å². The second kappa shape index (κ2) is 5.64. The first kappa shape index (κ1) is 12.6. The number of nitrogens with one attached hydrogen (secondary N) is 2. The minimum absolute atomic E-state index is 0.00718. The minimum atomic E-state index is 0.00718. The van der Waals surface area contributed by atoms with Crippen LogP contribution in [-0.2, 0) is 11.3 Å². The number of H-pyrrole nitrogens is 1. The van der Waals surface area contributed by atoms with Gasteiger partial charge in [-0.25, -0.2) is 4.98 Å². The molecule has 0 saturated carbocycles. The third kappa shape index (κ3) is 3.30. The van der Waals surface area contributed by atoms with Gasteiger partial charge in [0, 0.05) is 12.5 Å². The second-order valence-corrected chi connectivity index (χ2v) is 4.49. The number of hydrogen-bond donors (Lipinski definition) is 3. The summed E-state index contributed by atoms with van der Waals surface area (Å²) in [5.41, 5.74) is 7.50. The fraction of sp³-hybridized carbons (Fsp3) is 0.385. The van der Waals surface area contributed by atoms with Gasteiger partial charge in [-0.15, -0.1) is 0 Å². The highest BCUT2D eigenvalue weighted by molar-refractivity contribution is 5.76. The molecule has 96 valence electrons. The maximum atomic E-state index is 11.5. The highest BCUT2D eigenvalue weighted by Crippen LogP contribution is 2.09. The highest BCUT2D eigenvalue weighted by atomic mass is 16.1. The molecule has 0 aliphatic heterocycles. The average molecular weight is 246 g/mol. The summed E-state index contributed by atoms with van der Waals surface area (Å²) in [6.07, 6.45) is 1.16. The van der Waals surface area contributed by atoms with Gasteiger partial charge in [0.25, 0.3) is 0 Å². The SMILES string of the molecule is CC(N)CCC(=O)NCc1nc2ccccc2[nH]1. The van der Waals surface area contributed by atoms with Gasteiger partial charge in [0.2, 0.25) is 5.91 Å². The van der Waals surface area contributed by atoms with Crippen molar-refractivity contribution in [2.24, 2.45) is 5.73 Å². The maximum Gasteiger partial charge on any atom is 0.220 e. The van der Waals surface area contributed by atoms with Gasteiger partial charge in [-0.3, -0.25) is 4.79 Å². The lowest BCUT2D eigenvalue weighted by molar-refractivity contribution is -0.121. The Bertz CT molecular complexity index is 500. The zero-order valence-corrected chi connectivity index (χ0v) is 10.4. The molecule has 0 radical (unpaired) electrons. The molecule has 1 amide bonds. The van der Waals surface area contributed by atoms with E-state index in [0.717, 1.165) is 16.9 Å². The van der Waals surface area contributed by atoms with Crippen molar-refractivity contribution in [1.29, 1.82) is 0 Å². The number of amides is 1. The predicted molar refractivity (Wildman–Crippen MR) is 70.8 cm³/mol. The summed E-state index contributed by atoms with van der Waals surface area (Å²) >= 11 is 0. The first-order chi connectivity index (χ1) is 8.65. The number of nitrogens with zero attached hydrogens (tertiary/aromatic N) is 1. The van der Waals surface area contributed by atoms with Crippen LogP contribution in [-0.4, -0.2) is 21.9 Å². The van der Waals surface area contributed by atoms with E-state index in [1.165, 1.54) is 0 Å². The molecule has 2 aromatic rings. The quantitative estimate of drug-likeness (QED) is 0.743. The number of para-hydroxylation sites is 2. The minimum Gasteiger partial charge on any atom is -0.349 e. The van der Waals surface area contributed by atoms with Crippen LogP contribution < -0.4 is 11.1 Å². The van der Waals surface area contributed by atoms with E-state index in [-0.39, 0.29) is 11.9 Å². The summed E-state index contributed by atoms with van der Waals surface area (Å²) in [4.78, 5) is 19.1. The lowest BCUT2D eigenvalue weighted by Gasteiger charge is -2.05. The monoisotopic (exact) mass is 246 g/mol. The highest BCUT2D eigenvalue weighted by Gasteiger charge is 2.05. The smallest absolute Gasteiger partial charge is 0.220 e. The van der Waals surface area contributed by atoms with Crippen molar-refractivity contribution in [3.8, 4) is 0 Å². The van der Waals surface area contributed by atoms with E-state index in [1.54, 1.807) is 0 Å². The number of rotatable bonds is 5. The summed E-state index contributed by atoms with van der Waals surface area (Å²) in [7, 11) is 0. The number of hydrogen-bond acceptors (Lipinski definition) is 3. The number of nitrogens with two attached hydrogens (primary N) is 1. The lowest BCUT2D eigenvalue weighted by atomic mass is 10.2. The average Bonchev–Trinajstić information content (AvgIpc) is 2.76. The van der Waals surface area contributed by atoms with Gasteiger partial charge in [0.15, 0.2) is 0 Å². The van der Waals surface area contributed by atoms with E-state index in [9.17, 15) is 4.79 Å². The van der Waals surface area contributed by atoms with Gasteiger partial charge in [0.1, 0.15) is 5.82 Å². The van der Waals surface area contributed by atoms with Crippen molar-refractivity contribution in [2.45, 2.75) is 32.4 Å². The first-order valence-corrected chi connectivity index (χ1v) is 6.11. The zero-order chi connectivity index (χ0) is 13.0. The van der Waals surface area contributed by atoms with Crippen LogP contribution in [0.5, 0.6) is 0 Å². The fourth-order valence-electron chi connectivity index (χ4n) is 1.72. The van der Waals surface area contributed by atoms with E-state index in [4.69, 9.17) is 5.73 Å². The molecule has 2 rings (SSSR count). The third-order valence-electron chi connectivity index (χ3n) is 2.72. The zero-order valence-electron chi connectivity index (χ0n) is 10.4. The van der Waals surface area contributed by atoms with Crippen molar-refractivity contribution < 1.29 is 4.79 Å². The van der Waals surface area contributed by atoms with Crippen LogP contribution in [0.25, 0.3) is 11.0 Å². The number of carbonyl (C=O) groups is 1. The molecule has 4 N–H and O–H groups in total. The Morgan fingerprint density at radius 2 is 2.28 bits per heavy atom. The molecule has 0 fully saturated rings. The Morgan fingerprint density at radius 3 is 3.00 bits per heavy atom. The molecule has 5 heteroatoms. The standard InChI is InChI=1S/C13H18N4O/c1-9(14)6-7-13(18)15-8-12-16-10-4-2-3-5-11(10)17-12/h2-5,9H,6-8,14H2,1H3,(H,15,18)(H,16,17). The van der Waals surface area contributed by atoms with Crippen LogP contribution in [0, 0.1) is 0 Å². The summed E-state index contributed by atoms with van der Waals surface area (Å²) in [5.74, 6) is 0.776. The summed E-state index contributed by atoms with van der Waals surface area (Å²) in [6.45, 7) is 2.32. The van der Waals surface area contributed by atoms with Gasteiger partial charge in [-0.05, 0) is 25.5 Å². The number of aromatic amines is 1. The number of benzene rings is 1. The fourth-order valence-corrected chi connectivity index (χ4v) is 1.72. The first-order valence-electron chi connectivity index (χ1n) is 6.11. The third-order valence-corrected chi connectivity index (χ3v) is 2.72. The van der Waals surface area contributed by atoms with E-state index in [0.29, 0.717) is 19.4 Å². The Labute approximate surface area is 106 Å². The molecule has 0 aliphatic carbocycles. The molecule has 0 spiro atoms. The molecule has 0 aliphatic rings. The Kier molecular flexibility index (Phi) is 3.94. The molecule has 1 heterocycles. The molecule has 1 aromatic carbocycles. The van der Waals surface area contributed by atoms with Crippen molar-refractivity contribution in [1.82, 2.24) is 15.3 Å². The summed E-state index contributed by atoms with van der Waals surface area (Å²) in [5, 5.41) is 2.83. The van der Waals surface area contributed by atoms with Gasteiger partial charge in [-0.1, -0.05) is 12.1 Å². The molecule has 1 aromatic heterocycles. The van der Waals surface area contributed by atoms with Crippen LogP contribution in [0.3, 0.4) is 0 Å². The Hall–Kier alpha value is -1.88. The van der Waals surface area contributed by atoms with Crippen LogP contribution >= 0.6 is 0 Å². The van der Waals surface area contributed by atoms with Crippen LogP contribution in [0.15, 0.2) is 24.3 Å². The summed E-state index contributed by atoms with van der Waals surface area (Å²) in [6, 6.07) is 7.85. The topological polar surface area (TPSA) is 83.8 Å². The van der Waals surface area contributed by atoms with E-state index in [2.05, 4.69) is 15.3 Å². The van der Waals surface area contributed by atoms with Crippen LogP contribution in [0.4, 0.5) is 0 Å². The van der Waals surface area contributed by atoms with Gasteiger partial charge in [-0.2, -0.15) is 0 Å². The van der Waals surface area contributed by atoms with Crippen molar-refractivity contribution >= 4 is 16.9 Å². The van der Waals surface area contributed by atoms with Gasteiger partial charge >= 0.3 is 0 Å². The molecule has 0 bridgehead atoms. The number of fused-ring (bicyclic) bond motifs is 1. The normalized spacial score (nSPS) is 12.6. The van der Waals surface area contributed by atoms with E-state index < -0.39 is 0 Å². The van der Waals surface area contributed by atoms with Gasteiger partial charge in [0.05, 0.1) is 17.6 Å². The molecule has 1 unspecified atom stereocenters. The van der Waals surface area contributed by atoms with Crippen LogP contribution in [0.2, 0.25) is 0 Å². The van der Waals surface area contributed by atoms with Gasteiger partial charge < -0.3 is 16.0 Å². The predicted octanol–water partition coefficient (Wildman–Crippen LogP) is 1.31. The van der Waals surface area contributed by atoms with Crippen molar-refractivity contribution in [3.63, 3.8) is 0 Å². The molecular formula is C13H18N4O. The maximum absolute atomic E-state index is 11.5. The molecule has 1 atom stereocenters. The molecule has 0 saturated heterocycles. The molecule has 18 heavy (non-hydrogen) atoms. The van der Waals surface area contributed by atoms with E-state index in [1.807, 2.05) is 31.2 Å². The molecule has 5 nitrogen and oxygen atoms in total. The Balaban J connectivity index is 1.88. The van der Waals surface area contributed by atoms with Crippen molar-refractivity contribution in [2.75, 3.05) is 0 Å². The van der Waals surface area contributed by atoms with Crippen molar-refractivity contribution in [3.05, 3.63) is 30.1 Å². The summed E-state index contributed by atoms with van der Waals surface area (Å²) < 4.78 is 0. The van der Waals surface area contributed by atoms with Crippen LogP contribution in [0.1, 0.15) is 25.6 Å². The number of aromatic nitrogens is 2.